The van der Waals surface area contributed by atoms with Crippen LogP contribution in [0.5, 0.6) is 0 Å². The predicted octanol–water partition coefficient (Wildman–Crippen LogP) is 1.93. The van der Waals surface area contributed by atoms with Gasteiger partial charge in [-0.3, -0.25) is 4.79 Å². The second kappa shape index (κ2) is 7.74. The molecule has 0 heterocycles. The van der Waals surface area contributed by atoms with Gasteiger partial charge in [0.25, 0.3) is 0 Å². The summed E-state index contributed by atoms with van der Waals surface area (Å²) in [5, 5.41) is 2.99. The largest absolute Gasteiger partial charge is 0.369 e. The number of carbonyl (C=O) groups is 1. The van der Waals surface area contributed by atoms with E-state index in [0.29, 0.717) is 19.1 Å². The topological polar surface area (TPSA) is 64.3 Å². The van der Waals surface area contributed by atoms with E-state index in [-0.39, 0.29) is 17.4 Å². The van der Waals surface area contributed by atoms with Crippen LogP contribution in [-0.4, -0.2) is 30.7 Å². The van der Waals surface area contributed by atoms with Gasteiger partial charge in [-0.25, -0.2) is 0 Å². The van der Waals surface area contributed by atoms with Crippen LogP contribution in [0.3, 0.4) is 0 Å². The molecule has 0 aliphatic heterocycles. The van der Waals surface area contributed by atoms with E-state index in [2.05, 4.69) is 33.0 Å². The van der Waals surface area contributed by atoms with Gasteiger partial charge in [-0.1, -0.05) is 27.7 Å². The Bertz CT molecular complexity index is 254. The highest BCUT2D eigenvalue weighted by Gasteiger charge is 2.30. The molecule has 2 atom stereocenters. The number of rotatable bonds is 8. The number of hydrogen-bond donors (Lipinski definition) is 2. The fourth-order valence-corrected chi connectivity index (χ4v) is 1.37. The minimum atomic E-state index is -0.423. The number of hydrogen-bond acceptors (Lipinski definition) is 3. The molecule has 0 aromatic carbocycles. The minimum Gasteiger partial charge on any atom is -0.369 e. The Morgan fingerprint density at radius 1 is 1.28 bits per heavy atom. The van der Waals surface area contributed by atoms with Crippen LogP contribution in [0.25, 0.3) is 0 Å². The average Bonchev–Trinajstić information content (AvgIpc) is 2.27. The lowest BCUT2D eigenvalue weighted by atomic mass is 9.88. The number of nitrogens with two attached hydrogens (primary N) is 1. The van der Waals surface area contributed by atoms with Crippen molar-refractivity contribution < 1.29 is 9.53 Å². The van der Waals surface area contributed by atoms with Gasteiger partial charge in [0.15, 0.2) is 0 Å². The van der Waals surface area contributed by atoms with Gasteiger partial charge < -0.3 is 15.8 Å². The molecule has 3 N–H and O–H groups in total. The van der Waals surface area contributed by atoms with E-state index in [1.54, 1.807) is 6.92 Å². The molecule has 0 rings (SSSR count). The molecule has 4 nitrogen and oxygen atoms in total. The van der Waals surface area contributed by atoms with Gasteiger partial charge in [-0.2, -0.15) is 0 Å². The Hall–Kier alpha value is -0.610. The molecule has 0 radical (unpaired) electrons. The van der Waals surface area contributed by atoms with E-state index in [4.69, 9.17) is 10.5 Å². The van der Waals surface area contributed by atoms with Gasteiger partial charge in [0.05, 0.1) is 5.54 Å². The van der Waals surface area contributed by atoms with Crippen LogP contribution >= 0.6 is 0 Å². The van der Waals surface area contributed by atoms with E-state index in [9.17, 15) is 4.79 Å². The molecule has 0 aliphatic rings. The summed E-state index contributed by atoms with van der Waals surface area (Å²) in [7, 11) is 0. The summed E-state index contributed by atoms with van der Waals surface area (Å²) in [6.07, 6.45) is 0.545. The summed E-state index contributed by atoms with van der Waals surface area (Å²) in [4.78, 5) is 12.0. The maximum Gasteiger partial charge on any atom is 0.249 e. The Kier molecular flexibility index (Phi) is 7.48. The highest BCUT2D eigenvalue weighted by molar-refractivity contribution is 5.81. The fraction of sp³-hybridized carbons (Fsp3) is 0.929. The van der Waals surface area contributed by atoms with Crippen molar-refractivity contribution in [2.45, 2.75) is 59.6 Å². The zero-order valence-corrected chi connectivity index (χ0v) is 12.7. The third kappa shape index (κ3) is 5.83. The highest BCUT2D eigenvalue weighted by Crippen LogP contribution is 2.15. The van der Waals surface area contributed by atoms with Gasteiger partial charge >= 0.3 is 0 Å². The maximum absolute atomic E-state index is 12.0. The monoisotopic (exact) mass is 258 g/mol. The molecule has 0 aliphatic carbocycles. The Balaban J connectivity index is 4.22. The normalized spacial score (nSPS) is 16.7. The minimum absolute atomic E-state index is 0.0830. The van der Waals surface area contributed by atoms with Gasteiger partial charge in [0.1, 0.15) is 6.10 Å². The smallest absolute Gasteiger partial charge is 0.249 e. The molecule has 0 saturated heterocycles. The van der Waals surface area contributed by atoms with Crippen molar-refractivity contribution in [3.63, 3.8) is 0 Å². The van der Waals surface area contributed by atoms with Crippen LogP contribution in [0.15, 0.2) is 0 Å². The molecule has 0 saturated carbocycles. The van der Waals surface area contributed by atoms with Gasteiger partial charge in [0, 0.05) is 13.2 Å². The van der Waals surface area contributed by atoms with Gasteiger partial charge in [0.2, 0.25) is 5.91 Å². The molecule has 0 aromatic heterocycles. The zero-order chi connectivity index (χ0) is 14.3. The van der Waals surface area contributed by atoms with E-state index >= 15 is 0 Å². The van der Waals surface area contributed by atoms with Crippen LogP contribution in [0, 0.1) is 11.8 Å². The lowest BCUT2D eigenvalue weighted by Crippen LogP contribution is -2.57. The quantitative estimate of drug-likeness (QED) is 0.699. The molecule has 2 unspecified atom stereocenters. The number of amides is 1. The molecular formula is C14H30N2O2. The first kappa shape index (κ1) is 17.4. The summed E-state index contributed by atoms with van der Waals surface area (Å²) in [5.41, 5.74) is 5.37. The Morgan fingerprint density at radius 3 is 2.22 bits per heavy atom. The first-order valence-electron chi connectivity index (χ1n) is 6.86. The molecular weight excluding hydrogens is 228 g/mol. The van der Waals surface area contributed by atoms with E-state index in [0.717, 1.165) is 6.42 Å². The molecule has 0 aromatic rings. The number of carbonyl (C=O) groups excluding carboxylic acids is 1. The average molecular weight is 258 g/mol. The van der Waals surface area contributed by atoms with Crippen LogP contribution in [0.1, 0.15) is 48.0 Å². The van der Waals surface area contributed by atoms with Gasteiger partial charge in [-0.05, 0) is 32.1 Å². The summed E-state index contributed by atoms with van der Waals surface area (Å²) in [6.45, 7) is 13.2. The van der Waals surface area contributed by atoms with Crippen molar-refractivity contribution >= 4 is 5.91 Å². The molecule has 18 heavy (non-hydrogen) atoms. The molecule has 0 fully saturated rings. The Morgan fingerprint density at radius 2 is 1.83 bits per heavy atom. The van der Waals surface area contributed by atoms with Crippen LogP contribution in [-0.2, 0) is 9.53 Å². The van der Waals surface area contributed by atoms with Crippen molar-refractivity contribution in [2.75, 3.05) is 13.2 Å². The third-order valence-corrected chi connectivity index (χ3v) is 3.54. The van der Waals surface area contributed by atoms with Crippen molar-refractivity contribution in [3.8, 4) is 0 Å². The van der Waals surface area contributed by atoms with Crippen molar-refractivity contribution in [1.29, 1.82) is 0 Å². The molecule has 0 bridgehead atoms. The first-order chi connectivity index (χ1) is 8.23. The molecule has 1 amide bonds. The summed E-state index contributed by atoms with van der Waals surface area (Å²) in [5.74, 6) is 0.792. The summed E-state index contributed by atoms with van der Waals surface area (Å²) >= 11 is 0. The molecule has 0 spiro atoms. The number of ether oxygens (including phenoxy) is 1. The van der Waals surface area contributed by atoms with Crippen LogP contribution in [0.2, 0.25) is 0 Å². The van der Waals surface area contributed by atoms with E-state index in [1.807, 2.05) is 6.92 Å². The predicted molar refractivity (Wildman–Crippen MR) is 75.3 cm³/mol. The van der Waals surface area contributed by atoms with E-state index < -0.39 is 6.10 Å². The van der Waals surface area contributed by atoms with Crippen LogP contribution < -0.4 is 11.1 Å². The maximum atomic E-state index is 12.0. The lowest BCUT2D eigenvalue weighted by Gasteiger charge is -2.34. The first-order valence-corrected chi connectivity index (χ1v) is 6.86. The van der Waals surface area contributed by atoms with Gasteiger partial charge in [-0.15, -0.1) is 0 Å². The third-order valence-electron chi connectivity index (χ3n) is 3.54. The molecule has 4 heteroatoms. The van der Waals surface area contributed by atoms with Crippen molar-refractivity contribution in [1.82, 2.24) is 5.32 Å². The zero-order valence-electron chi connectivity index (χ0n) is 12.7. The molecule has 108 valence electrons. The lowest BCUT2D eigenvalue weighted by molar-refractivity contribution is -0.134. The van der Waals surface area contributed by atoms with Crippen molar-refractivity contribution in [2.24, 2.45) is 17.6 Å². The number of nitrogens with one attached hydrogen (secondary N) is 1. The fourth-order valence-electron chi connectivity index (χ4n) is 1.37. The standard InChI is InChI=1S/C14H30N2O2/c1-10(2)7-8-18-12(5)13(17)16-14(6,9-15)11(3)4/h10-12H,7-9,15H2,1-6H3,(H,16,17). The van der Waals surface area contributed by atoms with Crippen molar-refractivity contribution in [3.05, 3.63) is 0 Å². The van der Waals surface area contributed by atoms with Crippen LogP contribution in [0.4, 0.5) is 0 Å². The Labute approximate surface area is 112 Å². The van der Waals surface area contributed by atoms with E-state index in [1.165, 1.54) is 0 Å². The second-order valence-electron chi connectivity index (χ2n) is 5.96. The summed E-state index contributed by atoms with van der Waals surface area (Å²) in [6, 6.07) is 0. The highest BCUT2D eigenvalue weighted by atomic mass is 16.5. The SMILES string of the molecule is CC(C)CCOC(C)C(=O)NC(C)(CN)C(C)C. The second-order valence-corrected chi connectivity index (χ2v) is 5.96. The summed E-state index contributed by atoms with van der Waals surface area (Å²) < 4.78 is 5.53.